The smallest absolute Gasteiger partial charge is 0.790 e. The second-order valence-electron chi connectivity index (χ2n) is 3.25. The van der Waals surface area contributed by atoms with Gasteiger partial charge in [0.05, 0.1) is 14.4 Å². The number of phosphoric ester groups is 1. The van der Waals surface area contributed by atoms with Gasteiger partial charge < -0.3 is 44.0 Å². The quantitative estimate of drug-likeness (QED) is 0.289. The molecular formula is C6H11K2O9P. The first-order valence-electron chi connectivity index (χ1n) is 4.27. The molecular weight excluding hydrogens is 325 g/mol. The van der Waals surface area contributed by atoms with Crippen molar-refractivity contribution in [2.24, 2.45) is 0 Å². The SMILES string of the molecule is O=P([O-])([O-])O[C@H]1O[C@H](CO)[C@@H](O)[C@@H](O)[C@H]1O.[K+].[K+]. The van der Waals surface area contributed by atoms with E-state index in [0.717, 1.165) is 0 Å². The molecule has 1 rings (SSSR count). The van der Waals surface area contributed by atoms with Crippen molar-refractivity contribution in [1.82, 2.24) is 0 Å². The zero-order valence-electron chi connectivity index (χ0n) is 9.87. The van der Waals surface area contributed by atoms with Crippen LogP contribution in [0.1, 0.15) is 0 Å². The summed E-state index contributed by atoms with van der Waals surface area (Å²) in [5.41, 5.74) is 0. The Balaban J connectivity index is 0. The number of phosphoric acid groups is 1. The third kappa shape index (κ3) is 6.96. The molecule has 0 aliphatic carbocycles. The fraction of sp³-hybridized carbons (Fsp3) is 1.00. The Morgan fingerprint density at radius 3 is 2.00 bits per heavy atom. The Morgan fingerprint density at radius 1 is 1.11 bits per heavy atom. The van der Waals surface area contributed by atoms with Gasteiger partial charge in [-0.05, 0) is 0 Å². The summed E-state index contributed by atoms with van der Waals surface area (Å²) in [5, 5.41) is 36.5. The zero-order chi connectivity index (χ0) is 12.5. The molecule has 0 bridgehead atoms. The van der Waals surface area contributed by atoms with Gasteiger partial charge in [-0.3, -0.25) is 0 Å². The number of rotatable bonds is 3. The van der Waals surface area contributed by atoms with Crippen LogP contribution in [0.25, 0.3) is 0 Å². The average molecular weight is 336 g/mol. The maximum absolute atomic E-state index is 10.3. The summed E-state index contributed by atoms with van der Waals surface area (Å²) in [4.78, 5) is 20.6. The van der Waals surface area contributed by atoms with Crippen LogP contribution < -0.4 is 113 Å². The van der Waals surface area contributed by atoms with Crippen molar-refractivity contribution in [3.05, 3.63) is 0 Å². The van der Waals surface area contributed by atoms with Crippen LogP contribution in [-0.4, -0.2) is 57.7 Å². The fourth-order valence-electron chi connectivity index (χ4n) is 1.28. The molecule has 96 valence electrons. The molecule has 0 unspecified atom stereocenters. The minimum absolute atomic E-state index is 0. The molecule has 9 nitrogen and oxygen atoms in total. The summed E-state index contributed by atoms with van der Waals surface area (Å²) < 4.78 is 18.7. The van der Waals surface area contributed by atoms with Crippen molar-refractivity contribution in [2.75, 3.05) is 6.61 Å². The Morgan fingerprint density at radius 2 is 1.61 bits per heavy atom. The van der Waals surface area contributed by atoms with Crippen LogP contribution in [0.5, 0.6) is 0 Å². The van der Waals surface area contributed by atoms with Crippen molar-refractivity contribution in [1.29, 1.82) is 0 Å². The van der Waals surface area contributed by atoms with Crippen LogP contribution in [0.2, 0.25) is 0 Å². The molecule has 0 aromatic heterocycles. The van der Waals surface area contributed by atoms with Crippen LogP contribution in [0, 0.1) is 0 Å². The van der Waals surface area contributed by atoms with E-state index in [4.69, 9.17) is 5.11 Å². The van der Waals surface area contributed by atoms with Crippen molar-refractivity contribution in [3.8, 4) is 0 Å². The number of hydrogen-bond acceptors (Lipinski definition) is 9. The summed E-state index contributed by atoms with van der Waals surface area (Å²) in [6.45, 7) is -0.743. The first-order valence-corrected chi connectivity index (χ1v) is 5.73. The normalized spacial score (nSPS) is 36.4. The third-order valence-electron chi connectivity index (χ3n) is 2.08. The van der Waals surface area contributed by atoms with E-state index in [0.29, 0.717) is 0 Å². The van der Waals surface area contributed by atoms with E-state index in [2.05, 4.69) is 9.26 Å². The van der Waals surface area contributed by atoms with Crippen molar-refractivity contribution < 1.29 is 147 Å². The Bertz CT molecular complexity index is 284. The molecule has 0 aromatic rings. The minimum Gasteiger partial charge on any atom is -0.790 e. The molecule has 1 aliphatic heterocycles. The average Bonchev–Trinajstić information content (AvgIpc) is 2.17. The van der Waals surface area contributed by atoms with Crippen molar-refractivity contribution in [3.63, 3.8) is 0 Å². The second-order valence-corrected chi connectivity index (χ2v) is 4.36. The minimum atomic E-state index is -5.41. The van der Waals surface area contributed by atoms with Gasteiger partial charge in [-0.1, -0.05) is 0 Å². The van der Waals surface area contributed by atoms with Gasteiger partial charge in [0, 0.05) is 0 Å². The topological polar surface area (TPSA) is 163 Å². The molecule has 12 heteroatoms. The Kier molecular flexibility index (Phi) is 13.1. The van der Waals surface area contributed by atoms with Gasteiger partial charge in [-0.25, -0.2) is 0 Å². The van der Waals surface area contributed by atoms with Gasteiger partial charge in [-0.15, -0.1) is 0 Å². The summed E-state index contributed by atoms with van der Waals surface area (Å²) in [7, 11) is -5.41. The van der Waals surface area contributed by atoms with Crippen molar-refractivity contribution >= 4 is 7.82 Å². The molecule has 0 spiro atoms. The van der Waals surface area contributed by atoms with Gasteiger partial charge in [-0.2, -0.15) is 0 Å². The maximum atomic E-state index is 10.3. The van der Waals surface area contributed by atoms with E-state index in [-0.39, 0.29) is 103 Å². The Labute approximate surface area is 188 Å². The largest absolute Gasteiger partial charge is 1.00 e. The van der Waals surface area contributed by atoms with Gasteiger partial charge in [0.25, 0.3) is 0 Å². The van der Waals surface area contributed by atoms with E-state index in [1.807, 2.05) is 0 Å². The molecule has 1 aliphatic rings. The van der Waals surface area contributed by atoms with E-state index in [1.165, 1.54) is 0 Å². The number of aliphatic hydroxyl groups excluding tert-OH is 4. The van der Waals surface area contributed by atoms with E-state index < -0.39 is 45.1 Å². The summed E-state index contributed by atoms with van der Waals surface area (Å²) in [5.74, 6) is 0. The molecule has 18 heavy (non-hydrogen) atoms. The zero-order valence-corrected chi connectivity index (χ0v) is 17.0. The summed E-state index contributed by atoms with van der Waals surface area (Å²) in [6.07, 6.45) is -8.61. The van der Waals surface area contributed by atoms with Gasteiger partial charge in [0.15, 0.2) is 6.29 Å². The molecule has 1 saturated heterocycles. The van der Waals surface area contributed by atoms with Crippen molar-refractivity contribution in [2.45, 2.75) is 30.7 Å². The molecule has 0 radical (unpaired) electrons. The number of hydrogen-bond donors (Lipinski definition) is 4. The third-order valence-corrected chi connectivity index (χ3v) is 2.55. The molecule has 4 N–H and O–H groups in total. The number of ether oxygens (including phenoxy) is 1. The predicted octanol–water partition coefficient (Wildman–Crippen LogP) is -10.4. The number of aliphatic hydroxyl groups is 4. The summed E-state index contributed by atoms with van der Waals surface area (Å²) in [6, 6.07) is 0. The van der Waals surface area contributed by atoms with Crippen LogP contribution in [0.15, 0.2) is 0 Å². The van der Waals surface area contributed by atoms with Crippen LogP contribution >= 0.6 is 7.82 Å². The maximum Gasteiger partial charge on any atom is 1.00 e. The van der Waals surface area contributed by atoms with Gasteiger partial charge >= 0.3 is 103 Å². The van der Waals surface area contributed by atoms with E-state index in [1.54, 1.807) is 0 Å². The van der Waals surface area contributed by atoms with Gasteiger partial charge in [0.2, 0.25) is 0 Å². The molecule has 1 heterocycles. The van der Waals surface area contributed by atoms with Gasteiger partial charge in [0.1, 0.15) is 24.4 Å². The summed E-state index contributed by atoms with van der Waals surface area (Å²) >= 11 is 0. The molecule has 5 atom stereocenters. The van der Waals surface area contributed by atoms with E-state index >= 15 is 0 Å². The standard InChI is InChI=1S/C6H13O9P.2K/c7-1-2-3(8)4(9)5(10)6(14-2)15-16(11,12)13;;/h2-10H,1H2,(H2,11,12,13);;/q;2*+1/p-2/t2-,3-,4-,5-,6-;;/m1../s1. The van der Waals surface area contributed by atoms with Crippen LogP contribution in [0.3, 0.4) is 0 Å². The predicted molar refractivity (Wildman–Crippen MR) is 42.5 cm³/mol. The molecule has 1 fully saturated rings. The monoisotopic (exact) mass is 336 g/mol. The fourth-order valence-corrected chi connectivity index (χ4v) is 1.71. The molecule has 0 aromatic carbocycles. The molecule has 0 saturated carbocycles. The van der Waals surface area contributed by atoms with Crippen LogP contribution in [0.4, 0.5) is 0 Å². The molecule has 0 amide bonds. The van der Waals surface area contributed by atoms with Crippen LogP contribution in [-0.2, 0) is 13.8 Å². The first-order chi connectivity index (χ1) is 7.26. The first kappa shape index (κ1) is 23.4. The Hall–Kier alpha value is 3.18. The second kappa shape index (κ2) is 10.1. The van der Waals surface area contributed by atoms with E-state index in [9.17, 15) is 29.7 Å².